The van der Waals surface area contributed by atoms with E-state index in [1.807, 2.05) is 77.5 Å². The van der Waals surface area contributed by atoms with Crippen molar-refractivity contribution >= 4 is 32.7 Å². The molecule has 0 spiro atoms. The van der Waals surface area contributed by atoms with Gasteiger partial charge in [-0.25, -0.2) is 18.1 Å². The molecule has 0 saturated carbocycles. The average molecular weight is 468 g/mol. The molecule has 1 atom stereocenters. The third-order valence-corrected chi connectivity index (χ3v) is 8.22. The van der Waals surface area contributed by atoms with E-state index in [0.29, 0.717) is 12.8 Å². The molecule has 2 aromatic heterocycles. The molecular formula is C24H23N2O2S3. The molecule has 31 heavy (non-hydrogen) atoms. The van der Waals surface area contributed by atoms with E-state index in [0.717, 1.165) is 33.1 Å². The fraction of sp³-hybridized carbons (Fsp3) is 0.208. The smallest absolute Gasteiger partial charge is 0.212 e. The number of thiophene rings is 1. The van der Waals surface area contributed by atoms with Gasteiger partial charge in [0.25, 0.3) is 0 Å². The molecule has 4 rings (SSSR count). The summed E-state index contributed by atoms with van der Waals surface area (Å²) in [5.41, 5.74) is 2.84. The van der Waals surface area contributed by atoms with E-state index in [2.05, 4.69) is 10.8 Å². The lowest BCUT2D eigenvalue weighted by Crippen LogP contribution is -2.32. The highest BCUT2D eigenvalue weighted by atomic mass is 32.2. The summed E-state index contributed by atoms with van der Waals surface area (Å²) in [6.45, 7) is 0. The fourth-order valence-corrected chi connectivity index (χ4v) is 6.30. The molecule has 0 fully saturated rings. The third-order valence-electron chi connectivity index (χ3n) is 4.85. The largest absolute Gasteiger partial charge is 0.239 e. The fourth-order valence-electron chi connectivity index (χ4n) is 3.33. The number of nitrogens with zero attached hydrogens (tertiary/aromatic N) is 1. The van der Waals surface area contributed by atoms with Crippen molar-refractivity contribution in [3.8, 4) is 9.88 Å². The normalized spacial score (nSPS) is 12.6. The van der Waals surface area contributed by atoms with Crippen molar-refractivity contribution in [3.05, 3.63) is 100 Å². The van der Waals surface area contributed by atoms with Crippen molar-refractivity contribution in [2.24, 2.45) is 0 Å². The predicted molar refractivity (Wildman–Crippen MR) is 129 cm³/mol. The predicted octanol–water partition coefficient (Wildman–Crippen LogP) is 5.51. The molecule has 0 aliphatic heterocycles. The van der Waals surface area contributed by atoms with Gasteiger partial charge in [-0.15, -0.1) is 22.7 Å². The second kappa shape index (κ2) is 10.3. The van der Waals surface area contributed by atoms with Crippen LogP contribution in [0.25, 0.3) is 9.88 Å². The van der Waals surface area contributed by atoms with Crippen LogP contribution < -0.4 is 4.72 Å². The van der Waals surface area contributed by atoms with Gasteiger partial charge < -0.3 is 0 Å². The standard InChI is InChI=1S/C24H23N2O2S3/c27-31(28,16-8-13-19-9-3-1-4-10-19)26-21(17-20-11-5-2-6-12-20)22-18-30-24(25-22)23-14-7-15-29-23/h1-7,9-11,14-15,18,21,26H,8,13,16-17H2. The zero-order valence-corrected chi connectivity index (χ0v) is 19.3. The molecule has 4 aromatic rings. The molecule has 159 valence electrons. The van der Waals surface area contributed by atoms with Crippen molar-refractivity contribution in [2.45, 2.75) is 25.3 Å². The van der Waals surface area contributed by atoms with E-state index in [-0.39, 0.29) is 5.75 Å². The van der Waals surface area contributed by atoms with Gasteiger partial charge in [0.05, 0.1) is 22.4 Å². The number of rotatable bonds is 10. The Morgan fingerprint density at radius 3 is 2.58 bits per heavy atom. The van der Waals surface area contributed by atoms with Gasteiger partial charge in [0.2, 0.25) is 10.0 Å². The molecule has 0 aliphatic carbocycles. The van der Waals surface area contributed by atoms with Crippen molar-refractivity contribution < 1.29 is 8.42 Å². The Bertz CT molecular complexity index is 1170. The first-order chi connectivity index (χ1) is 15.1. The summed E-state index contributed by atoms with van der Waals surface area (Å²) in [4.78, 5) is 5.84. The molecule has 0 amide bonds. The summed E-state index contributed by atoms with van der Waals surface area (Å²) < 4.78 is 28.7. The molecular weight excluding hydrogens is 444 g/mol. The van der Waals surface area contributed by atoms with Gasteiger partial charge in [0, 0.05) is 5.38 Å². The molecule has 4 nitrogen and oxygen atoms in total. The van der Waals surface area contributed by atoms with Gasteiger partial charge in [-0.05, 0) is 47.9 Å². The number of benzene rings is 2. The van der Waals surface area contributed by atoms with Gasteiger partial charge in [0.15, 0.2) is 0 Å². The minimum Gasteiger partial charge on any atom is -0.239 e. The van der Waals surface area contributed by atoms with E-state index in [1.165, 1.54) is 0 Å². The van der Waals surface area contributed by atoms with Gasteiger partial charge in [-0.3, -0.25) is 0 Å². The molecule has 7 heteroatoms. The average Bonchev–Trinajstić information content (AvgIpc) is 3.47. The van der Waals surface area contributed by atoms with Crippen LogP contribution in [0.4, 0.5) is 0 Å². The lowest BCUT2D eigenvalue weighted by atomic mass is 10.1. The lowest BCUT2D eigenvalue weighted by Gasteiger charge is -2.17. The molecule has 1 radical (unpaired) electrons. The van der Waals surface area contributed by atoms with E-state index in [9.17, 15) is 8.42 Å². The van der Waals surface area contributed by atoms with E-state index < -0.39 is 16.1 Å². The Hall–Kier alpha value is -2.32. The molecule has 1 N–H and O–H groups in total. The second-order valence-corrected chi connectivity index (χ2v) is 10.9. The van der Waals surface area contributed by atoms with Crippen molar-refractivity contribution in [2.75, 3.05) is 5.75 Å². The maximum Gasteiger partial charge on any atom is 0.212 e. The number of hydrogen-bond acceptors (Lipinski definition) is 5. The minimum atomic E-state index is -3.46. The van der Waals surface area contributed by atoms with Crippen LogP contribution in [0.15, 0.2) is 77.5 Å². The lowest BCUT2D eigenvalue weighted by molar-refractivity contribution is 0.548. The Morgan fingerprint density at radius 1 is 1.00 bits per heavy atom. The summed E-state index contributed by atoms with van der Waals surface area (Å²) in [6.07, 6.45) is 1.81. The maximum absolute atomic E-state index is 12.9. The number of hydrogen-bond donors (Lipinski definition) is 1. The first-order valence-corrected chi connectivity index (χ1v) is 13.5. The molecule has 0 aliphatic rings. The van der Waals surface area contributed by atoms with Crippen LogP contribution in [0, 0.1) is 6.07 Å². The topological polar surface area (TPSA) is 59.1 Å². The quantitative estimate of drug-likeness (QED) is 0.335. The van der Waals surface area contributed by atoms with Crippen LogP contribution in [-0.4, -0.2) is 19.2 Å². The summed E-state index contributed by atoms with van der Waals surface area (Å²) in [5.74, 6) is 0.0822. The Kier molecular flexibility index (Phi) is 7.29. The monoisotopic (exact) mass is 467 g/mol. The number of thiazole rings is 1. The van der Waals surface area contributed by atoms with Crippen LogP contribution >= 0.6 is 22.7 Å². The van der Waals surface area contributed by atoms with Crippen LogP contribution in [0.1, 0.15) is 29.3 Å². The van der Waals surface area contributed by atoms with Gasteiger partial charge in [-0.2, -0.15) is 0 Å². The van der Waals surface area contributed by atoms with E-state index in [4.69, 9.17) is 4.98 Å². The molecule has 0 bridgehead atoms. The minimum absolute atomic E-state index is 0.0822. The van der Waals surface area contributed by atoms with E-state index >= 15 is 0 Å². The number of sulfonamides is 1. The van der Waals surface area contributed by atoms with Crippen LogP contribution in [0.3, 0.4) is 0 Å². The first kappa shape index (κ1) is 21.9. The molecule has 1 unspecified atom stereocenters. The highest BCUT2D eigenvalue weighted by Gasteiger charge is 2.23. The summed E-state index contributed by atoms with van der Waals surface area (Å²) in [6, 6.07) is 24.4. The van der Waals surface area contributed by atoms with Gasteiger partial charge in [-0.1, -0.05) is 60.7 Å². The number of nitrogens with one attached hydrogen (secondary N) is 1. The summed E-state index contributed by atoms with van der Waals surface area (Å²) in [5, 5.41) is 4.88. The third kappa shape index (κ3) is 6.33. The summed E-state index contributed by atoms with van der Waals surface area (Å²) in [7, 11) is -3.46. The summed E-state index contributed by atoms with van der Waals surface area (Å²) >= 11 is 3.17. The van der Waals surface area contributed by atoms with Crippen LogP contribution in [0.2, 0.25) is 0 Å². The zero-order chi connectivity index (χ0) is 21.5. The van der Waals surface area contributed by atoms with Crippen LogP contribution in [0.5, 0.6) is 0 Å². The zero-order valence-electron chi connectivity index (χ0n) is 16.9. The van der Waals surface area contributed by atoms with E-state index in [1.54, 1.807) is 22.7 Å². The SMILES string of the molecule is O=S(=O)(CCCc1ccccc1)NC(Cc1[c]cccc1)c1csc(-c2cccs2)n1. The van der Waals surface area contributed by atoms with Crippen molar-refractivity contribution in [1.29, 1.82) is 0 Å². The van der Waals surface area contributed by atoms with Crippen molar-refractivity contribution in [1.82, 2.24) is 9.71 Å². The van der Waals surface area contributed by atoms with Crippen molar-refractivity contribution in [3.63, 3.8) is 0 Å². The first-order valence-electron chi connectivity index (χ1n) is 10.1. The van der Waals surface area contributed by atoms with Gasteiger partial charge in [0.1, 0.15) is 5.01 Å². The van der Waals surface area contributed by atoms with Gasteiger partial charge >= 0.3 is 0 Å². The molecule has 0 saturated heterocycles. The Morgan fingerprint density at radius 2 is 1.84 bits per heavy atom. The Labute approximate surface area is 191 Å². The molecule has 2 heterocycles. The second-order valence-electron chi connectivity index (χ2n) is 7.23. The number of aromatic nitrogens is 1. The van der Waals surface area contributed by atoms with Crippen LogP contribution in [-0.2, 0) is 22.9 Å². The highest BCUT2D eigenvalue weighted by molar-refractivity contribution is 7.89. The molecule has 2 aromatic carbocycles. The number of aryl methyl sites for hydroxylation is 1. The Balaban J connectivity index is 1.48. The maximum atomic E-state index is 12.9. The highest BCUT2D eigenvalue weighted by Crippen LogP contribution is 2.31.